The lowest BCUT2D eigenvalue weighted by Crippen LogP contribution is -2.51. The Hall–Kier alpha value is -2.41. The van der Waals surface area contributed by atoms with Crippen LogP contribution in [0.1, 0.15) is 37.7 Å². The quantitative estimate of drug-likeness (QED) is 0.155. The van der Waals surface area contributed by atoms with Crippen LogP contribution in [0.5, 0.6) is 0 Å². The molecule has 1 aromatic rings. The third-order valence-electron chi connectivity index (χ3n) is 4.19. The van der Waals surface area contributed by atoms with Gasteiger partial charge in [-0.1, -0.05) is 12.1 Å². The van der Waals surface area contributed by atoms with Crippen LogP contribution in [0.4, 0.5) is 4.79 Å². The zero-order chi connectivity index (χ0) is 22.5. The number of halogens is 1. The number of carbonyl (C=O) groups excluding carboxylic acids is 1. The van der Waals surface area contributed by atoms with E-state index in [9.17, 15) is 24.3 Å². The SMILES string of the molecule is O=C(O)CCC(NC(=O)NC(CCCCNCc1ccc(I)cc1)C(=O)O)C(=O)O. The molecule has 0 aliphatic carbocycles. The summed E-state index contributed by atoms with van der Waals surface area (Å²) in [6.07, 6.45) is 0.684. The molecule has 2 atom stereocenters. The van der Waals surface area contributed by atoms with Crippen molar-refractivity contribution in [2.75, 3.05) is 6.54 Å². The number of hydrogen-bond donors (Lipinski definition) is 6. The molecule has 0 saturated carbocycles. The molecule has 6 N–H and O–H groups in total. The molecule has 0 aliphatic heterocycles. The van der Waals surface area contributed by atoms with Crippen molar-refractivity contribution in [3.8, 4) is 0 Å². The highest BCUT2D eigenvalue weighted by atomic mass is 127. The van der Waals surface area contributed by atoms with Gasteiger partial charge in [-0.15, -0.1) is 0 Å². The third-order valence-corrected chi connectivity index (χ3v) is 4.91. The van der Waals surface area contributed by atoms with E-state index < -0.39 is 42.4 Å². The highest BCUT2D eigenvalue weighted by molar-refractivity contribution is 14.1. The van der Waals surface area contributed by atoms with Gasteiger partial charge in [0.1, 0.15) is 12.1 Å². The minimum absolute atomic E-state index is 0.181. The minimum Gasteiger partial charge on any atom is -0.481 e. The van der Waals surface area contributed by atoms with E-state index in [1.54, 1.807) is 0 Å². The summed E-state index contributed by atoms with van der Waals surface area (Å²) in [5.41, 5.74) is 1.15. The number of urea groups is 1. The Morgan fingerprint density at radius 1 is 0.867 bits per heavy atom. The van der Waals surface area contributed by atoms with Gasteiger partial charge in [-0.2, -0.15) is 0 Å². The molecule has 166 valence electrons. The van der Waals surface area contributed by atoms with Crippen molar-refractivity contribution in [2.24, 2.45) is 0 Å². The van der Waals surface area contributed by atoms with Gasteiger partial charge in [0.05, 0.1) is 0 Å². The summed E-state index contributed by atoms with van der Waals surface area (Å²) in [6.45, 7) is 1.38. The molecule has 0 bridgehead atoms. The summed E-state index contributed by atoms with van der Waals surface area (Å²) in [5.74, 6) is -3.81. The summed E-state index contributed by atoms with van der Waals surface area (Å²) in [7, 11) is 0. The first-order valence-corrected chi connectivity index (χ1v) is 10.5. The van der Waals surface area contributed by atoms with Crippen molar-refractivity contribution in [2.45, 2.75) is 50.7 Å². The van der Waals surface area contributed by atoms with Gasteiger partial charge in [-0.05, 0) is 72.5 Å². The van der Waals surface area contributed by atoms with Gasteiger partial charge in [0.25, 0.3) is 0 Å². The lowest BCUT2D eigenvalue weighted by Gasteiger charge is -2.18. The molecule has 0 saturated heterocycles. The van der Waals surface area contributed by atoms with Gasteiger partial charge in [0, 0.05) is 16.5 Å². The monoisotopic (exact) mass is 535 g/mol. The fourth-order valence-electron chi connectivity index (χ4n) is 2.57. The first kappa shape index (κ1) is 25.6. The largest absolute Gasteiger partial charge is 0.481 e. The van der Waals surface area contributed by atoms with Crippen LogP contribution in [-0.2, 0) is 20.9 Å². The zero-order valence-electron chi connectivity index (χ0n) is 16.3. The first-order chi connectivity index (χ1) is 14.2. The predicted molar refractivity (Wildman–Crippen MR) is 116 cm³/mol. The van der Waals surface area contributed by atoms with Gasteiger partial charge in [0.15, 0.2) is 0 Å². The van der Waals surface area contributed by atoms with Crippen molar-refractivity contribution in [1.29, 1.82) is 0 Å². The highest BCUT2D eigenvalue weighted by Gasteiger charge is 2.24. The molecule has 30 heavy (non-hydrogen) atoms. The first-order valence-electron chi connectivity index (χ1n) is 9.38. The fraction of sp³-hybridized carbons (Fsp3) is 0.474. The number of hydrogen-bond acceptors (Lipinski definition) is 5. The van der Waals surface area contributed by atoms with E-state index in [-0.39, 0.29) is 12.8 Å². The van der Waals surface area contributed by atoms with Gasteiger partial charge >= 0.3 is 23.9 Å². The van der Waals surface area contributed by atoms with Crippen molar-refractivity contribution < 1.29 is 34.5 Å². The fourth-order valence-corrected chi connectivity index (χ4v) is 2.93. The zero-order valence-corrected chi connectivity index (χ0v) is 18.4. The lowest BCUT2D eigenvalue weighted by molar-refractivity contribution is -0.140. The topological polar surface area (TPSA) is 165 Å². The van der Waals surface area contributed by atoms with Crippen molar-refractivity contribution in [1.82, 2.24) is 16.0 Å². The number of unbranched alkanes of at least 4 members (excludes halogenated alkanes) is 1. The lowest BCUT2D eigenvalue weighted by atomic mass is 10.1. The van der Waals surface area contributed by atoms with E-state index in [1.165, 1.54) is 0 Å². The molecule has 0 heterocycles. The predicted octanol–water partition coefficient (Wildman–Crippen LogP) is 1.62. The van der Waals surface area contributed by atoms with E-state index >= 15 is 0 Å². The maximum Gasteiger partial charge on any atom is 0.326 e. The molecule has 0 aromatic heterocycles. The number of carboxylic acid groups (broad SMARTS) is 3. The van der Waals surface area contributed by atoms with E-state index in [0.29, 0.717) is 25.9 Å². The molecule has 0 aliphatic rings. The summed E-state index contributed by atoms with van der Waals surface area (Å²) in [5, 5.41) is 34.5. The molecule has 1 aromatic carbocycles. The average Bonchev–Trinajstić information content (AvgIpc) is 2.67. The average molecular weight is 535 g/mol. The molecular weight excluding hydrogens is 509 g/mol. The van der Waals surface area contributed by atoms with Gasteiger partial charge < -0.3 is 31.3 Å². The highest BCUT2D eigenvalue weighted by Crippen LogP contribution is 2.07. The third kappa shape index (κ3) is 11.0. The van der Waals surface area contributed by atoms with Crippen LogP contribution in [0, 0.1) is 3.57 Å². The molecule has 2 unspecified atom stereocenters. The Labute approximate surface area is 187 Å². The molecular formula is C19H26IN3O7. The molecule has 10 nitrogen and oxygen atoms in total. The summed E-state index contributed by atoms with van der Waals surface area (Å²) in [6, 6.07) is 4.54. The second-order valence-corrected chi connectivity index (χ2v) is 7.88. The molecule has 2 amide bonds. The number of amides is 2. The molecule has 0 radical (unpaired) electrons. The Balaban J connectivity index is 2.34. The van der Waals surface area contributed by atoms with E-state index in [2.05, 4.69) is 38.5 Å². The van der Waals surface area contributed by atoms with Gasteiger partial charge in [-0.3, -0.25) is 4.79 Å². The number of aliphatic carboxylic acids is 3. The number of rotatable bonds is 14. The Morgan fingerprint density at radius 2 is 1.43 bits per heavy atom. The Bertz CT molecular complexity index is 727. The second-order valence-electron chi connectivity index (χ2n) is 6.63. The van der Waals surface area contributed by atoms with Crippen molar-refractivity contribution in [3.63, 3.8) is 0 Å². The molecule has 1 rings (SSSR count). The van der Waals surface area contributed by atoms with Crippen LogP contribution in [0.3, 0.4) is 0 Å². The summed E-state index contributed by atoms with van der Waals surface area (Å²) < 4.78 is 1.16. The van der Waals surface area contributed by atoms with Crippen LogP contribution < -0.4 is 16.0 Å². The maximum absolute atomic E-state index is 11.9. The summed E-state index contributed by atoms with van der Waals surface area (Å²) >= 11 is 2.23. The van der Waals surface area contributed by atoms with Crippen LogP contribution in [0.25, 0.3) is 0 Å². The van der Waals surface area contributed by atoms with Crippen molar-refractivity contribution >= 4 is 46.5 Å². The van der Waals surface area contributed by atoms with E-state index in [4.69, 9.17) is 10.2 Å². The molecule has 0 fully saturated rings. The van der Waals surface area contributed by atoms with Crippen LogP contribution >= 0.6 is 22.6 Å². The molecule has 11 heteroatoms. The summed E-state index contributed by atoms with van der Waals surface area (Å²) in [4.78, 5) is 44.9. The maximum atomic E-state index is 11.9. The van der Waals surface area contributed by atoms with Crippen LogP contribution in [-0.4, -0.2) is 57.9 Å². The van der Waals surface area contributed by atoms with Gasteiger partial charge in [0.2, 0.25) is 0 Å². The molecule has 0 spiro atoms. The Kier molecular flexibility index (Phi) is 11.7. The van der Waals surface area contributed by atoms with Gasteiger partial charge in [-0.25, -0.2) is 14.4 Å². The number of benzene rings is 1. The second kappa shape index (κ2) is 13.7. The number of carbonyl (C=O) groups is 4. The normalized spacial score (nSPS) is 12.6. The van der Waals surface area contributed by atoms with Crippen LogP contribution in [0.2, 0.25) is 0 Å². The smallest absolute Gasteiger partial charge is 0.326 e. The Morgan fingerprint density at radius 3 is 1.97 bits per heavy atom. The van der Waals surface area contributed by atoms with E-state index in [0.717, 1.165) is 9.13 Å². The minimum atomic E-state index is -1.42. The van der Waals surface area contributed by atoms with Crippen LogP contribution in [0.15, 0.2) is 24.3 Å². The number of nitrogens with one attached hydrogen (secondary N) is 3. The number of carboxylic acids is 3. The van der Waals surface area contributed by atoms with Crippen molar-refractivity contribution in [3.05, 3.63) is 33.4 Å². The van der Waals surface area contributed by atoms with E-state index in [1.807, 2.05) is 24.3 Å². The standard InChI is InChI=1S/C19H26IN3O7/c20-13-6-4-12(5-7-13)11-21-10-2-1-3-14(17(26)27)22-19(30)23-15(18(28)29)8-9-16(24)25/h4-7,14-15,21H,1-3,8-11H2,(H,24,25)(H,26,27)(H,28,29)(H2,22,23,30).